The number of nitrogens with zero attached hydrogens (tertiary/aromatic N) is 3. The van der Waals surface area contributed by atoms with E-state index >= 15 is 0 Å². The van der Waals surface area contributed by atoms with Gasteiger partial charge in [-0.1, -0.05) is 35.0 Å². The summed E-state index contributed by atoms with van der Waals surface area (Å²) in [5.41, 5.74) is 7.31. The van der Waals surface area contributed by atoms with Gasteiger partial charge in [0.15, 0.2) is 0 Å². The lowest BCUT2D eigenvalue weighted by molar-refractivity contribution is 0.455. The van der Waals surface area contributed by atoms with Gasteiger partial charge in [-0.2, -0.15) is 5.26 Å². The van der Waals surface area contributed by atoms with Gasteiger partial charge in [-0.15, -0.1) is 0 Å². The number of aromatic nitrogens is 2. The van der Waals surface area contributed by atoms with Crippen LogP contribution in [0.2, 0.25) is 0 Å². The second kappa shape index (κ2) is 6.00. The predicted octanol–water partition coefficient (Wildman–Crippen LogP) is 2.84. The highest BCUT2D eigenvalue weighted by Crippen LogP contribution is 2.25. The van der Waals surface area contributed by atoms with Crippen molar-refractivity contribution in [2.75, 3.05) is 0 Å². The first-order valence-corrected chi connectivity index (χ1v) is 6.90. The maximum atomic E-state index is 9.12. The van der Waals surface area contributed by atoms with Gasteiger partial charge >= 0.3 is 0 Å². The molecule has 2 atom stereocenters. The highest BCUT2D eigenvalue weighted by atomic mass is 79.9. The zero-order chi connectivity index (χ0) is 13.8. The third-order valence-corrected chi connectivity index (χ3v) is 3.69. The minimum Gasteiger partial charge on any atom is -0.326 e. The zero-order valence-electron chi connectivity index (χ0n) is 10.6. The molecule has 4 nitrogen and oxygen atoms in total. The SMILES string of the molecule is CCC(N)C(c1ccc(Br)cc1)n1ccnc1C#N. The van der Waals surface area contributed by atoms with Crippen LogP contribution in [0, 0.1) is 11.3 Å². The first-order chi connectivity index (χ1) is 9.17. The summed E-state index contributed by atoms with van der Waals surface area (Å²) >= 11 is 3.42. The Labute approximate surface area is 121 Å². The minimum atomic E-state index is -0.0738. The van der Waals surface area contributed by atoms with Crippen molar-refractivity contribution in [2.24, 2.45) is 5.73 Å². The maximum Gasteiger partial charge on any atom is 0.213 e. The molecule has 2 aromatic rings. The molecule has 0 amide bonds. The van der Waals surface area contributed by atoms with E-state index in [0.717, 1.165) is 16.5 Å². The van der Waals surface area contributed by atoms with Crippen LogP contribution in [0.3, 0.4) is 0 Å². The molecule has 0 saturated carbocycles. The van der Waals surface area contributed by atoms with Gasteiger partial charge in [-0.25, -0.2) is 4.98 Å². The number of imidazole rings is 1. The Morgan fingerprint density at radius 1 is 1.42 bits per heavy atom. The molecule has 0 spiro atoms. The van der Waals surface area contributed by atoms with Crippen LogP contribution in [0.5, 0.6) is 0 Å². The second-order valence-electron chi connectivity index (χ2n) is 4.34. The molecule has 0 aliphatic heterocycles. The van der Waals surface area contributed by atoms with E-state index in [-0.39, 0.29) is 12.1 Å². The second-order valence-corrected chi connectivity index (χ2v) is 5.25. The van der Waals surface area contributed by atoms with Crippen LogP contribution in [0.4, 0.5) is 0 Å². The van der Waals surface area contributed by atoms with Gasteiger partial charge in [0.1, 0.15) is 6.07 Å². The Morgan fingerprint density at radius 2 is 2.11 bits per heavy atom. The van der Waals surface area contributed by atoms with Crippen LogP contribution in [-0.4, -0.2) is 15.6 Å². The van der Waals surface area contributed by atoms with E-state index in [4.69, 9.17) is 11.0 Å². The van der Waals surface area contributed by atoms with E-state index in [0.29, 0.717) is 5.82 Å². The molecule has 0 aliphatic carbocycles. The van der Waals surface area contributed by atoms with Crippen molar-refractivity contribution < 1.29 is 0 Å². The number of rotatable bonds is 4. The molecule has 0 aliphatic rings. The zero-order valence-corrected chi connectivity index (χ0v) is 12.2. The molecular weight excluding hydrogens is 304 g/mol. The molecule has 2 N–H and O–H groups in total. The largest absolute Gasteiger partial charge is 0.326 e. The smallest absolute Gasteiger partial charge is 0.213 e. The van der Waals surface area contributed by atoms with Gasteiger partial charge in [0.2, 0.25) is 5.82 Å². The molecule has 0 saturated heterocycles. The van der Waals surface area contributed by atoms with Gasteiger partial charge in [-0.05, 0) is 24.1 Å². The van der Waals surface area contributed by atoms with Gasteiger partial charge in [0.05, 0.1) is 6.04 Å². The number of benzene rings is 1. The Balaban J connectivity index is 2.48. The number of halogens is 1. The summed E-state index contributed by atoms with van der Waals surface area (Å²) in [4.78, 5) is 4.05. The van der Waals surface area contributed by atoms with Crippen LogP contribution < -0.4 is 5.73 Å². The van der Waals surface area contributed by atoms with E-state index in [1.54, 1.807) is 12.4 Å². The summed E-state index contributed by atoms with van der Waals surface area (Å²) in [6.45, 7) is 2.04. The summed E-state index contributed by atoms with van der Waals surface area (Å²) in [5.74, 6) is 0.386. The lowest BCUT2D eigenvalue weighted by atomic mass is 9.97. The standard InChI is InChI=1S/C14H15BrN4/c1-2-12(17)14(10-3-5-11(15)6-4-10)19-8-7-18-13(19)9-16/h3-8,12,14H,2,17H2,1H3. The molecule has 0 fully saturated rings. The van der Waals surface area contributed by atoms with Gasteiger partial charge < -0.3 is 10.3 Å². The van der Waals surface area contributed by atoms with Crippen molar-refractivity contribution >= 4 is 15.9 Å². The molecule has 2 unspecified atom stereocenters. The van der Waals surface area contributed by atoms with Gasteiger partial charge in [0, 0.05) is 22.9 Å². The van der Waals surface area contributed by atoms with Crippen molar-refractivity contribution in [3.8, 4) is 6.07 Å². The average Bonchev–Trinajstić information content (AvgIpc) is 2.89. The molecule has 2 rings (SSSR count). The molecular formula is C14H15BrN4. The summed E-state index contributed by atoms with van der Waals surface area (Å²) in [5, 5.41) is 9.12. The van der Waals surface area contributed by atoms with Crippen LogP contribution in [0.25, 0.3) is 0 Å². The van der Waals surface area contributed by atoms with Crippen LogP contribution in [0.15, 0.2) is 41.1 Å². The normalized spacial score (nSPS) is 13.8. The predicted molar refractivity (Wildman–Crippen MR) is 77.5 cm³/mol. The maximum absolute atomic E-state index is 9.12. The molecule has 1 heterocycles. The highest BCUT2D eigenvalue weighted by molar-refractivity contribution is 9.10. The lowest BCUT2D eigenvalue weighted by Crippen LogP contribution is -2.32. The van der Waals surface area contributed by atoms with Crippen molar-refractivity contribution in [3.63, 3.8) is 0 Å². The van der Waals surface area contributed by atoms with Crippen molar-refractivity contribution in [3.05, 3.63) is 52.5 Å². The Hall–Kier alpha value is -1.64. The first kappa shape index (κ1) is 13.8. The Bertz CT molecular complexity index is 582. The summed E-state index contributed by atoms with van der Waals surface area (Å²) in [6, 6.07) is 9.96. The summed E-state index contributed by atoms with van der Waals surface area (Å²) in [7, 11) is 0. The molecule has 5 heteroatoms. The van der Waals surface area contributed by atoms with Crippen LogP contribution >= 0.6 is 15.9 Å². The average molecular weight is 319 g/mol. The molecule has 0 bridgehead atoms. The topological polar surface area (TPSA) is 67.6 Å². The molecule has 1 aromatic carbocycles. The lowest BCUT2D eigenvalue weighted by Gasteiger charge is -2.25. The quantitative estimate of drug-likeness (QED) is 0.942. The van der Waals surface area contributed by atoms with E-state index < -0.39 is 0 Å². The summed E-state index contributed by atoms with van der Waals surface area (Å²) in [6.07, 6.45) is 4.26. The van der Waals surface area contributed by atoms with Crippen molar-refractivity contribution in [2.45, 2.75) is 25.4 Å². The molecule has 0 radical (unpaired) electrons. The summed E-state index contributed by atoms with van der Waals surface area (Å²) < 4.78 is 2.86. The monoisotopic (exact) mass is 318 g/mol. The van der Waals surface area contributed by atoms with Gasteiger partial charge in [-0.3, -0.25) is 0 Å². The third kappa shape index (κ3) is 2.86. The van der Waals surface area contributed by atoms with Crippen molar-refractivity contribution in [1.82, 2.24) is 9.55 Å². The number of hydrogen-bond donors (Lipinski definition) is 1. The van der Waals surface area contributed by atoms with Gasteiger partial charge in [0.25, 0.3) is 0 Å². The van der Waals surface area contributed by atoms with E-state index in [9.17, 15) is 0 Å². The Kier molecular flexibility index (Phi) is 4.35. The third-order valence-electron chi connectivity index (χ3n) is 3.16. The van der Waals surface area contributed by atoms with Crippen LogP contribution in [0.1, 0.15) is 30.8 Å². The first-order valence-electron chi connectivity index (χ1n) is 6.11. The Morgan fingerprint density at radius 3 is 2.68 bits per heavy atom. The highest BCUT2D eigenvalue weighted by Gasteiger charge is 2.22. The minimum absolute atomic E-state index is 0.0672. The fourth-order valence-corrected chi connectivity index (χ4v) is 2.39. The molecule has 1 aromatic heterocycles. The number of nitrogens with two attached hydrogens (primary N) is 1. The number of hydrogen-bond acceptors (Lipinski definition) is 3. The van der Waals surface area contributed by atoms with E-state index in [1.807, 2.05) is 35.8 Å². The van der Waals surface area contributed by atoms with Crippen molar-refractivity contribution in [1.29, 1.82) is 5.26 Å². The molecule has 19 heavy (non-hydrogen) atoms. The number of nitriles is 1. The fraction of sp³-hybridized carbons (Fsp3) is 0.286. The van der Waals surface area contributed by atoms with Crippen LogP contribution in [-0.2, 0) is 0 Å². The van der Waals surface area contributed by atoms with E-state index in [1.165, 1.54) is 0 Å². The van der Waals surface area contributed by atoms with E-state index in [2.05, 4.69) is 27.0 Å². The fourth-order valence-electron chi connectivity index (χ4n) is 2.12. The molecule has 98 valence electrons.